The third-order valence-corrected chi connectivity index (χ3v) is 10.7. The van der Waals surface area contributed by atoms with E-state index in [2.05, 4.69) is 9.71 Å². The van der Waals surface area contributed by atoms with E-state index >= 15 is 8.78 Å². The summed E-state index contributed by atoms with van der Waals surface area (Å²) in [6, 6.07) is 5.36. The summed E-state index contributed by atoms with van der Waals surface area (Å²) in [5.41, 5.74) is -5.84. The minimum Gasteiger partial charge on any atom is -0.444 e. The molecule has 2 aliphatic heterocycles. The molecule has 0 unspecified atom stereocenters. The molecule has 2 amide bonds. The maximum atomic E-state index is 16.9. The van der Waals surface area contributed by atoms with Gasteiger partial charge in [0, 0.05) is 26.7 Å². The summed E-state index contributed by atoms with van der Waals surface area (Å²) >= 11 is 0. The summed E-state index contributed by atoms with van der Waals surface area (Å²) < 4.78 is 80.2. The number of aromatic nitrogens is 2. The van der Waals surface area contributed by atoms with Gasteiger partial charge in [-0.05, 0) is 85.1 Å². The lowest BCUT2D eigenvalue weighted by molar-refractivity contribution is -0.0486. The van der Waals surface area contributed by atoms with Gasteiger partial charge in [0.15, 0.2) is 5.82 Å². The van der Waals surface area contributed by atoms with Gasteiger partial charge < -0.3 is 19.1 Å². The Labute approximate surface area is 312 Å². The second kappa shape index (κ2) is 14.8. The molecule has 292 valence electrons. The first-order chi connectivity index (χ1) is 25.1. The Bertz CT molecular complexity index is 2170. The summed E-state index contributed by atoms with van der Waals surface area (Å²) in [5, 5.41) is 9.70. The van der Waals surface area contributed by atoms with Crippen molar-refractivity contribution in [3.05, 3.63) is 58.1 Å². The molecular formula is C36H45F2N7O8S. The number of fused-ring (bicyclic) bond motifs is 1. The van der Waals surface area contributed by atoms with Crippen LogP contribution < -0.4 is 15.2 Å². The van der Waals surface area contributed by atoms with Crippen LogP contribution in [0.2, 0.25) is 0 Å². The highest BCUT2D eigenvalue weighted by molar-refractivity contribution is 7.90. The monoisotopic (exact) mass is 773 g/mol. The first kappa shape index (κ1) is 40.3. The third kappa shape index (κ3) is 8.27. The number of likely N-dealkylation sites (tertiary alicyclic amines) is 1. The number of hydrogen-bond donors (Lipinski definition) is 1. The number of carbonyl (C=O) groups is 2. The summed E-state index contributed by atoms with van der Waals surface area (Å²) in [6.07, 6.45) is 0.897. The van der Waals surface area contributed by atoms with Crippen LogP contribution in [0, 0.1) is 23.0 Å². The van der Waals surface area contributed by atoms with Crippen LogP contribution in [0.5, 0.6) is 0 Å². The van der Waals surface area contributed by atoms with Crippen molar-refractivity contribution in [1.82, 2.24) is 18.8 Å². The van der Waals surface area contributed by atoms with E-state index in [0.717, 1.165) is 22.5 Å². The molecule has 2 fully saturated rings. The van der Waals surface area contributed by atoms with E-state index < -0.39 is 84.8 Å². The molecule has 3 heterocycles. The van der Waals surface area contributed by atoms with Gasteiger partial charge in [-0.25, -0.2) is 28.3 Å². The van der Waals surface area contributed by atoms with Crippen LogP contribution in [0.1, 0.15) is 79.3 Å². The molecule has 0 aliphatic carbocycles. The van der Waals surface area contributed by atoms with Gasteiger partial charge >= 0.3 is 22.4 Å². The van der Waals surface area contributed by atoms with E-state index in [-0.39, 0.29) is 24.4 Å². The van der Waals surface area contributed by atoms with Gasteiger partial charge in [-0.3, -0.25) is 14.1 Å². The molecule has 1 aromatic heterocycles. The lowest BCUT2D eigenvalue weighted by Gasteiger charge is -2.39. The molecule has 18 heteroatoms. The van der Waals surface area contributed by atoms with E-state index in [4.69, 9.17) is 14.2 Å². The SMILES string of the molecule is CCN(C)S(=O)(=O)Nc1ccc(F)c(N(C(=O)OC(C)(C)C)c2ccc3ncn([C@H]4COC5(CCN(C(=O)OC(C)(C)C)CC5)C4)c(=O)c3c2F)c1C#N. The van der Waals surface area contributed by atoms with E-state index in [1.807, 2.05) is 0 Å². The zero-order valence-corrected chi connectivity index (χ0v) is 32.3. The number of nitrogens with one attached hydrogen (secondary N) is 1. The molecule has 15 nitrogen and oxygen atoms in total. The van der Waals surface area contributed by atoms with Crippen molar-refractivity contribution in [2.45, 2.75) is 90.6 Å². The number of ether oxygens (including phenoxy) is 3. The molecule has 3 aromatic rings. The molecule has 0 radical (unpaired) electrons. The van der Waals surface area contributed by atoms with E-state index in [9.17, 15) is 28.1 Å². The van der Waals surface area contributed by atoms with Gasteiger partial charge in [-0.1, -0.05) is 6.92 Å². The number of benzene rings is 2. The number of piperidine rings is 1. The number of nitriles is 1. The fourth-order valence-corrected chi connectivity index (χ4v) is 7.31. The molecule has 2 saturated heterocycles. The Morgan fingerprint density at radius 3 is 2.33 bits per heavy atom. The molecular weight excluding hydrogens is 728 g/mol. The molecule has 0 bridgehead atoms. The fraction of sp³-hybridized carbons (Fsp3) is 0.528. The highest BCUT2D eigenvalue weighted by Crippen LogP contribution is 2.42. The van der Waals surface area contributed by atoms with Crippen LogP contribution in [0.3, 0.4) is 0 Å². The molecule has 2 aliphatic rings. The maximum absolute atomic E-state index is 16.9. The summed E-state index contributed by atoms with van der Waals surface area (Å²) in [5.74, 6) is -2.44. The summed E-state index contributed by atoms with van der Waals surface area (Å²) in [4.78, 5) is 47.0. The predicted octanol–water partition coefficient (Wildman–Crippen LogP) is 5.96. The van der Waals surface area contributed by atoms with Crippen LogP contribution in [0.4, 0.5) is 35.4 Å². The molecule has 1 atom stereocenters. The molecule has 1 N–H and O–H groups in total. The number of halogens is 2. The molecule has 54 heavy (non-hydrogen) atoms. The lowest BCUT2D eigenvalue weighted by Crippen LogP contribution is -2.48. The van der Waals surface area contributed by atoms with Gasteiger partial charge in [0.25, 0.3) is 5.56 Å². The number of hydrogen-bond acceptors (Lipinski definition) is 10. The first-order valence-electron chi connectivity index (χ1n) is 17.4. The van der Waals surface area contributed by atoms with Gasteiger partial charge in [0.05, 0.1) is 41.5 Å². The fourth-order valence-electron chi connectivity index (χ4n) is 6.36. The topological polar surface area (TPSA) is 176 Å². The second-order valence-corrected chi connectivity index (χ2v) is 17.1. The Kier molecular flexibility index (Phi) is 11.0. The van der Waals surface area contributed by atoms with Crippen LogP contribution in [0.25, 0.3) is 10.9 Å². The van der Waals surface area contributed by atoms with E-state index in [1.54, 1.807) is 38.7 Å². The average molecular weight is 774 g/mol. The largest absolute Gasteiger partial charge is 0.444 e. The Morgan fingerprint density at radius 2 is 1.74 bits per heavy atom. The molecule has 5 rings (SSSR count). The number of anilines is 3. The van der Waals surface area contributed by atoms with Crippen LogP contribution in [0.15, 0.2) is 35.4 Å². The van der Waals surface area contributed by atoms with E-state index in [1.165, 1.54) is 44.8 Å². The number of carbonyl (C=O) groups excluding carboxylic acids is 2. The minimum atomic E-state index is -4.23. The zero-order chi connectivity index (χ0) is 40.0. The highest BCUT2D eigenvalue weighted by Gasteiger charge is 2.45. The quantitative estimate of drug-likeness (QED) is 0.302. The Morgan fingerprint density at radius 1 is 1.09 bits per heavy atom. The van der Waals surface area contributed by atoms with Crippen molar-refractivity contribution in [3.63, 3.8) is 0 Å². The molecule has 2 aromatic carbocycles. The summed E-state index contributed by atoms with van der Waals surface area (Å²) in [6.45, 7) is 12.4. The minimum absolute atomic E-state index is 0.0594. The van der Waals surface area contributed by atoms with Gasteiger partial charge in [0.2, 0.25) is 0 Å². The number of rotatable bonds is 7. The van der Waals surface area contributed by atoms with Gasteiger partial charge in [-0.2, -0.15) is 18.0 Å². The first-order valence-corrected chi connectivity index (χ1v) is 18.9. The van der Waals surface area contributed by atoms with Gasteiger partial charge in [0.1, 0.15) is 39.7 Å². The normalized spacial score (nSPS) is 17.4. The second-order valence-electron chi connectivity index (χ2n) is 15.3. The zero-order valence-electron chi connectivity index (χ0n) is 31.5. The van der Waals surface area contributed by atoms with Crippen LogP contribution >= 0.6 is 0 Å². The molecule has 1 spiro atoms. The van der Waals surface area contributed by atoms with Crippen molar-refractivity contribution < 1.29 is 41.0 Å². The standard InChI is InChI=1S/C36H45F2N7O8S/c1-9-42(8)54(49,50)41-25-11-10-24(37)30(23(25)19-39)45(33(48)53-35(5,6)7)27-13-12-26-28(29(27)38)31(46)44(21-40-26)22-18-36(51-20-22)14-16-43(17-15-36)32(47)52-34(2,3)4/h10-13,21-22,41H,9,14-18,20H2,1-8H3/t22-/m1/s1. The Balaban J connectivity index is 1.56. The smallest absolute Gasteiger partial charge is 0.419 e. The summed E-state index contributed by atoms with van der Waals surface area (Å²) in [7, 11) is -2.95. The van der Waals surface area contributed by atoms with Crippen molar-refractivity contribution in [3.8, 4) is 6.07 Å². The molecule has 0 saturated carbocycles. The van der Waals surface area contributed by atoms with Crippen molar-refractivity contribution in [2.75, 3.05) is 42.9 Å². The Hall–Kier alpha value is -4.86. The highest BCUT2D eigenvalue weighted by atomic mass is 32.2. The average Bonchev–Trinajstić information content (AvgIpc) is 3.48. The van der Waals surface area contributed by atoms with Crippen LogP contribution in [-0.4, -0.2) is 89.5 Å². The van der Waals surface area contributed by atoms with Crippen LogP contribution in [-0.2, 0) is 24.4 Å². The van der Waals surface area contributed by atoms with Crippen molar-refractivity contribution in [1.29, 1.82) is 5.26 Å². The maximum Gasteiger partial charge on any atom is 0.419 e. The van der Waals surface area contributed by atoms with Crippen molar-refractivity contribution in [2.24, 2.45) is 0 Å². The number of amides is 2. The van der Waals surface area contributed by atoms with Crippen molar-refractivity contribution >= 4 is 50.4 Å². The third-order valence-electron chi connectivity index (χ3n) is 9.15. The lowest BCUT2D eigenvalue weighted by atomic mass is 9.87. The van der Waals surface area contributed by atoms with E-state index in [0.29, 0.717) is 37.3 Å². The number of nitrogens with zero attached hydrogens (tertiary/aromatic N) is 6. The predicted molar refractivity (Wildman–Crippen MR) is 196 cm³/mol. The van der Waals surface area contributed by atoms with Gasteiger partial charge in [-0.15, -0.1) is 0 Å².